The highest BCUT2D eigenvalue weighted by atomic mass is 79.9. The average Bonchev–Trinajstić information content (AvgIpc) is 3.00. The number of methoxy groups -OCH3 is 2. The molecule has 160 valence electrons. The topological polar surface area (TPSA) is 105 Å². The highest BCUT2D eigenvalue weighted by molar-refractivity contribution is 9.10. The van der Waals surface area contributed by atoms with E-state index in [1.807, 2.05) is 0 Å². The van der Waals surface area contributed by atoms with E-state index >= 15 is 0 Å². The number of halogens is 1. The Morgan fingerprint density at radius 3 is 2.42 bits per heavy atom. The molecule has 2 N–H and O–H groups in total. The van der Waals surface area contributed by atoms with Gasteiger partial charge in [0.25, 0.3) is 11.8 Å². The highest BCUT2D eigenvalue weighted by Gasteiger charge is 2.34. The third kappa shape index (κ3) is 4.73. The van der Waals surface area contributed by atoms with Gasteiger partial charge in [0.05, 0.1) is 19.1 Å². The van der Waals surface area contributed by atoms with Crippen LogP contribution in [0.1, 0.15) is 26.3 Å². The van der Waals surface area contributed by atoms with Gasteiger partial charge < -0.3 is 14.6 Å². The first-order chi connectivity index (χ1) is 14.8. The van der Waals surface area contributed by atoms with Crippen LogP contribution in [0.2, 0.25) is 0 Å². The second-order valence-corrected chi connectivity index (χ2v) is 8.63. The number of thioether (sulfide) groups is 1. The van der Waals surface area contributed by atoms with Crippen molar-refractivity contribution in [3.63, 3.8) is 0 Å². The predicted octanol–water partition coefficient (Wildman–Crippen LogP) is 3.71. The second-order valence-electron chi connectivity index (χ2n) is 6.04. The maximum atomic E-state index is 12.8. The van der Waals surface area contributed by atoms with Crippen LogP contribution in [-0.2, 0) is 4.79 Å². The van der Waals surface area contributed by atoms with Gasteiger partial charge in [0.15, 0.2) is 15.8 Å². The third-order valence-corrected chi connectivity index (χ3v) is 6.02. The van der Waals surface area contributed by atoms with Crippen LogP contribution < -0.4 is 14.9 Å². The van der Waals surface area contributed by atoms with Crippen LogP contribution in [0.4, 0.5) is 0 Å². The minimum absolute atomic E-state index is 0.0303. The number of carboxylic acid groups (broad SMARTS) is 1. The minimum atomic E-state index is -1.25. The lowest BCUT2D eigenvalue weighted by atomic mass is 10.0. The van der Waals surface area contributed by atoms with Crippen LogP contribution in [-0.4, -0.2) is 46.4 Å². The Hall–Kier alpha value is -2.89. The number of thiocarbonyl (C=S) groups is 1. The first-order valence-corrected chi connectivity index (χ1v) is 10.6. The van der Waals surface area contributed by atoms with Crippen molar-refractivity contribution in [1.29, 1.82) is 0 Å². The molecular weight excluding hydrogens is 508 g/mol. The van der Waals surface area contributed by atoms with Crippen LogP contribution in [0.3, 0.4) is 0 Å². The number of amides is 2. The standard InChI is InChI=1S/C20H15BrN2O6S2/c1-28-13-8-5-11(15(19(26)27)16(13)29-2)9-14-18(25)23(20(30)31-14)22-17(24)10-3-6-12(21)7-4-10/h3-9H,1-2H3,(H,22,24)(H,26,27)/b14-9+. The second kappa shape index (κ2) is 9.50. The lowest BCUT2D eigenvalue weighted by Gasteiger charge is -2.15. The van der Waals surface area contributed by atoms with Crippen molar-refractivity contribution in [2.45, 2.75) is 0 Å². The smallest absolute Gasteiger partial charge is 0.340 e. The van der Waals surface area contributed by atoms with E-state index in [0.717, 1.165) is 21.2 Å². The Kier molecular flexibility index (Phi) is 6.98. The van der Waals surface area contributed by atoms with Crippen molar-refractivity contribution in [3.8, 4) is 11.5 Å². The number of hydrogen-bond acceptors (Lipinski definition) is 7. The maximum absolute atomic E-state index is 12.8. The molecule has 1 heterocycles. The fourth-order valence-electron chi connectivity index (χ4n) is 2.76. The molecular formula is C20H15BrN2O6S2. The quantitative estimate of drug-likeness (QED) is 0.436. The van der Waals surface area contributed by atoms with Crippen LogP contribution in [0.5, 0.6) is 11.5 Å². The molecule has 8 nitrogen and oxygen atoms in total. The van der Waals surface area contributed by atoms with E-state index in [0.29, 0.717) is 5.56 Å². The van der Waals surface area contributed by atoms with E-state index in [2.05, 4.69) is 21.4 Å². The molecule has 0 radical (unpaired) electrons. The molecule has 1 fully saturated rings. The minimum Gasteiger partial charge on any atom is -0.493 e. The lowest BCUT2D eigenvalue weighted by Crippen LogP contribution is -2.44. The summed E-state index contributed by atoms with van der Waals surface area (Å²) < 4.78 is 11.2. The Balaban J connectivity index is 1.91. The number of aromatic carboxylic acids is 1. The molecule has 0 aliphatic carbocycles. The van der Waals surface area contributed by atoms with Crippen LogP contribution >= 0.6 is 39.9 Å². The summed E-state index contributed by atoms with van der Waals surface area (Å²) in [6, 6.07) is 9.61. The van der Waals surface area contributed by atoms with E-state index in [-0.39, 0.29) is 31.9 Å². The van der Waals surface area contributed by atoms with Gasteiger partial charge in [-0.25, -0.2) is 4.79 Å². The number of carboxylic acids is 1. The van der Waals surface area contributed by atoms with Gasteiger partial charge in [-0.2, -0.15) is 5.01 Å². The maximum Gasteiger partial charge on any atom is 0.340 e. The molecule has 2 aromatic carbocycles. The lowest BCUT2D eigenvalue weighted by molar-refractivity contribution is -0.123. The fourth-order valence-corrected chi connectivity index (χ4v) is 4.19. The van der Waals surface area contributed by atoms with Crippen molar-refractivity contribution in [2.75, 3.05) is 14.2 Å². The first kappa shape index (κ1) is 22.8. The summed E-state index contributed by atoms with van der Waals surface area (Å²) in [6.07, 6.45) is 1.39. The summed E-state index contributed by atoms with van der Waals surface area (Å²) in [6.45, 7) is 0. The van der Waals surface area contributed by atoms with E-state index in [9.17, 15) is 19.5 Å². The third-order valence-electron chi connectivity index (χ3n) is 4.19. The van der Waals surface area contributed by atoms with E-state index < -0.39 is 17.8 Å². The van der Waals surface area contributed by atoms with Gasteiger partial charge in [-0.05, 0) is 54.2 Å². The van der Waals surface area contributed by atoms with Gasteiger partial charge in [-0.1, -0.05) is 33.8 Å². The number of nitrogens with one attached hydrogen (secondary N) is 1. The molecule has 0 bridgehead atoms. The van der Waals surface area contributed by atoms with Crippen molar-refractivity contribution >= 4 is 68.1 Å². The monoisotopic (exact) mass is 522 g/mol. The van der Waals surface area contributed by atoms with E-state index in [1.54, 1.807) is 24.3 Å². The van der Waals surface area contributed by atoms with Crippen LogP contribution in [0.25, 0.3) is 6.08 Å². The fraction of sp³-hybridized carbons (Fsp3) is 0.100. The molecule has 11 heteroatoms. The molecule has 1 saturated heterocycles. The van der Waals surface area contributed by atoms with E-state index in [1.165, 1.54) is 32.4 Å². The van der Waals surface area contributed by atoms with Gasteiger partial charge in [0.1, 0.15) is 5.56 Å². The summed E-state index contributed by atoms with van der Waals surface area (Å²) in [4.78, 5) is 37.2. The number of carbonyl (C=O) groups is 3. The molecule has 1 aliphatic rings. The van der Waals surface area contributed by atoms with Gasteiger partial charge in [0, 0.05) is 10.0 Å². The van der Waals surface area contributed by atoms with Crippen LogP contribution in [0.15, 0.2) is 45.8 Å². The molecule has 2 amide bonds. The summed E-state index contributed by atoms with van der Waals surface area (Å²) in [5.41, 5.74) is 2.88. The Bertz CT molecular complexity index is 1120. The van der Waals surface area contributed by atoms with E-state index in [4.69, 9.17) is 21.7 Å². The zero-order valence-corrected chi connectivity index (χ0v) is 19.4. The SMILES string of the molecule is COc1ccc(/C=C2/SC(=S)N(NC(=O)c3ccc(Br)cc3)C2=O)c(C(=O)O)c1OC. The molecule has 0 atom stereocenters. The van der Waals surface area contributed by atoms with Crippen LogP contribution in [0, 0.1) is 0 Å². The summed E-state index contributed by atoms with van der Waals surface area (Å²) in [7, 11) is 2.72. The predicted molar refractivity (Wildman–Crippen MR) is 123 cm³/mol. The first-order valence-electron chi connectivity index (χ1n) is 8.59. The van der Waals surface area contributed by atoms with Crippen molar-refractivity contribution in [2.24, 2.45) is 0 Å². The Labute approximate surface area is 195 Å². The number of carbonyl (C=O) groups excluding carboxylic acids is 2. The van der Waals surface area contributed by atoms with Gasteiger partial charge in [-0.3, -0.25) is 15.0 Å². The molecule has 0 spiro atoms. The highest BCUT2D eigenvalue weighted by Crippen LogP contribution is 2.37. The van der Waals surface area contributed by atoms with Gasteiger partial charge >= 0.3 is 5.97 Å². The average molecular weight is 523 g/mol. The molecule has 0 unspecified atom stereocenters. The van der Waals surface area contributed by atoms with Crippen molar-refractivity contribution in [1.82, 2.24) is 10.4 Å². The van der Waals surface area contributed by atoms with Crippen molar-refractivity contribution < 1.29 is 29.0 Å². The Morgan fingerprint density at radius 2 is 1.84 bits per heavy atom. The summed E-state index contributed by atoms with van der Waals surface area (Å²) in [5, 5.41) is 10.6. The molecule has 3 rings (SSSR count). The molecule has 31 heavy (non-hydrogen) atoms. The zero-order valence-electron chi connectivity index (χ0n) is 16.2. The normalized spacial score (nSPS) is 14.7. The number of benzene rings is 2. The largest absolute Gasteiger partial charge is 0.493 e. The molecule has 1 aliphatic heterocycles. The number of hydrogen-bond donors (Lipinski definition) is 2. The summed E-state index contributed by atoms with van der Waals surface area (Å²) >= 11 is 9.45. The molecule has 0 aromatic heterocycles. The van der Waals surface area contributed by atoms with Crippen molar-refractivity contribution in [3.05, 3.63) is 62.5 Å². The van der Waals surface area contributed by atoms with Gasteiger partial charge in [0.2, 0.25) is 0 Å². The zero-order chi connectivity index (χ0) is 22.7. The van der Waals surface area contributed by atoms with Gasteiger partial charge in [-0.15, -0.1) is 0 Å². The number of ether oxygens (including phenoxy) is 2. The molecule has 2 aromatic rings. The number of hydrazine groups is 1. The Morgan fingerprint density at radius 1 is 1.16 bits per heavy atom. The number of nitrogens with zero attached hydrogens (tertiary/aromatic N) is 1. The number of rotatable bonds is 6. The molecule has 0 saturated carbocycles. The summed E-state index contributed by atoms with van der Waals surface area (Å²) in [5.74, 6) is -2.07.